The van der Waals surface area contributed by atoms with E-state index in [-0.39, 0.29) is 10.0 Å². The van der Waals surface area contributed by atoms with Gasteiger partial charge in [-0.2, -0.15) is 0 Å². The van der Waals surface area contributed by atoms with E-state index in [1.165, 1.54) is 12.1 Å². The first-order valence-electron chi connectivity index (χ1n) is 4.47. The molecule has 0 atom stereocenters. The molecule has 0 unspecified atom stereocenters. The molecule has 1 rings (SSSR count). The number of hydrazine groups is 1. The van der Waals surface area contributed by atoms with Gasteiger partial charge in [-0.3, -0.25) is 10.1 Å². The van der Waals surface area contributed by atoms with Crippen LogP contribution in [0.15, 0.2) is 35.2 Å². The summed E-state index contributed by atoms with van der Waals surface area (Å²) in [7, 11) is -0.163. The van der Waals surface area contributed by atoms with Gasteiger partial charge in [0.25, 0.3) is 10.0 Å². The quantitative estimate of drug-likeness (QED) is 0.604. The Labute approximate surface area is 100 Å². The van der Waals surface area contributed by atoms with Gasteiger partial charge in [0.05, 0.1) is 4.90 Å². The summed E-state index contributed by atoms with van der Waals surface area (Å²) >= 11 is 4.84. The number of rotatable bonds is 3. The van der Waals surface area contributed by atoms with Crippen LogP contribution in [-0.2, 0) is 10.0 Å². The van der Waals surface area contributed by atoms with Crippen molar-refractivity contribution < 1.29 is 8.42 Å². The third-order valence-electron chi connectivity index (χ3n) is 1.61. The zero-order valence-electron chi connectivity index (χ0n) is 8.97. The van der Waals surface area contributed by atoms with Crippen molar-refractivity contribution in [3.8, 4) is 0 Å². The highest BCUT2D eigenvalue weighted by molar-refractivity contribution is 7.91. The van der Waals surface area contributed by atoms with Crippen molar-refractivity contribution in [2.45, 2.75) is 4.90 Å². The van der Waals surface area contributed by atoms with Gasteiger partial charge in [0.1, 0.15) is 0 Å². The van der Waals surface area contributed by atoms with Crippen molar-refractivity contribution in [1.29, 1.82) is 0 Å². The van der Waals surface area contributed by atoms with E-state index in [2.05, 4.69) is 10.1 Å². The number of nitrogens with zero attached hydrogens (tertiary/aromatic N) is 1. The second-order valence-corrected chi connectivity index (χ2v) is 5.34. The molecule has 1 aromatic carbocycles. The molecule has 0 bridgehead atoms. The first-order chi connectivity index (χ1) is 7.42. The van der Waals surface area contributed by atoms with Crippen LogP contribution in [0.1, 0.15) is 0 Å². The van der Waals surface area contributed by atoms with Crippen molar-refractivity contribution >= 4 is 27.4 Å². The van der Waals surface area contributed by atoms with Crippen molar-refractivity contribution in [2.24, 2.45) is 0 Å². The molecule has 5 nitrogen and oxygen atoms in total. The van der Waals surface area contributed by atoms with Gasteiger partial charge in [-0.1, -0.05) is 18.2 Å². The molecule has 0 aromatic heterocycles. The Morgan fingerprint density at radius 3 is 2.31 bits per heavy atom. The van der Waals surface area contributed by atoms with E-state index in [9.17, 15) is 8.42 Å². The summed E-state index contributed by atoms with van der Waals surface area (Å²) in [5, 5.41) is 1.59. The lowest BCUT2D eigenvalue weighted by molar-refractivity contribution is 0.362. The topological polar surface area (TPSA) is 61.4 Å². The lowest BCUT2D eigenvalue weighted by Gasteiger charge is -2.15. The lowest BCUT2D eigenvalue weighted by atomic mass is 10.4. The van der Waals surface area contributed by atoms with E-state index in [4.69, 9.17) is 12.2 Å². The van der Waals surface area contributed by atoms with Crippen molar-refractivity contribution in [3.05, 3.63) is 30.3 Å². The van der Waals surface area contributed by atoms with Crippen LogP contribution in [0.2, 0.25) is 0 Å². The minimum Gasteiger partial charge on any atom is -0.295 e. The van der Waals surface area contributed by atoms with E-state index in [0.717, 1.165) is 0 Å². The summed E-state index contributed by atoms with van der Waals surface area (Å²) < 4.78 is 25.8. The Bertz CT molecular complexity index is 457. The molecule has 0 saturated heterocycles. The van der Waals surface area contributed by atoms with E-state index in [1.807, 2.05) is 0 Å². The summed E-state index contributed by atoms with van der Waals surface area (Å²) in [6, 6.07) is 8.05. The van der Waals surface area contributed by atoms with Gasteiger partial charge in [-0.25, -0.2) is 13.4 Å². The minimum absolute atomic E-state index is 0.0360. The fraction of sp³-hybridized carbons (Fsp3) is 0.222. The van der Waals surface area contributed by atoms with E-state index >= 15 is 0 Å². The predicted molar refractivity (Wildman–Crippen MR) is 66.2 cm³/mol. The number of thiocarbonyl (C=S) groups is 1. The summed E-state index contributed by atoms with van der Waals surface area (Å²) in [4.78, 5) is 0.179. The van der Waals surface area contributed by atoms with Crippen LogP contribution in [0.25, 0.3) is 0 Å². The zero-order chi connectivity index (χ0) is 12.2. The van der Waals surface area contributed by atoms with E-state index in [1.54, 1.807) is 37.3 Å². The van der Waals surface area contributed by atoms with Gasteiger partial charge in [-0.05, 0) is 24.4 Å². The van der Waals surface area contributed by atoms with Crippen LogP contribution >= 0.6 is 12.2 Å². The molecule has 16 heavy (non-hydrogen) atoms. The van der Waals surface area contributed by atoms with Gasteiger partial charge in [0.2, 0.25) is 0 Å². The first kappa shape index (κ1) is 12.9. The molecule has 1 aromatic rings. The summed E-state index contributed by atoms with van der Waals surface area (Å²) in [5.41, 5.74) is 2.64. The fourth-order valence-corrected chi connectivity index (χ4v) is 2.44. The van der Waals surface area contributed by atoms with Crippen LogP contribution in [-0.4, -0.2) is 32.6 Å². The summed E-state index contributed by atoms with van der Waals surface area (Å²) in [5.74, 6) is 0. The van der Waals surface area contributed by atoms with Crippen molar-refractivity contribution in [2.75, 3.05) is 14.1 Å². The molecule has 0 aliphatic carbocycles. The minimum atomic E-state index is -3.59. The van der Waals surface area contributed by atoms with Crippen LogP contribution in [0.5, 0.6) is 0 Å². The van der Waals surface area contributed by atoms with Crippen LogP contribution in [0.3, 0.4) is 0 Å². The van der Waals surface area contributed by atoms with Crippen molar-refractivity contribution in [3.63, 3.8) is 0 Å². The van der Waals surface area contributed by atoms with Crippen LogP contribution < -0.4 is 10.1 Å². The van der Waals surface area contributed by atoms with E-state index < -0.39 is 10.0 Å². The first-order valence-corrected chi connectivity index (χ1v) is 6.37. The highest BCUT2D eigenvalue weighted by Crippen LogP contribution is 2.06. The number of hydrogen-bond donors (Lipinski definition) is 2. The smallest absolute Gasteiger partial charge is 0.263 e. The Kier molecular flexibility index (Phi) is 4.22. The van der Waals surface area contributed by atoms with Crippen LogP contribution in [0, 0.1) is 0 Å². The van der Waals surface area contributed by atoms with Gasteiger partial charge in [0.15, 0.2) is 5.11 Å². The fourth-order valence-electron chi connectivity index (χ4n) is 1.01. The number of nitrogens with one attached hydrogen (secondary N) is 2. The molecule has 0 fully saturated rings. The van der Waals surface area contributed by atoms with E-state index in [0.29, 0.717) is 0 Å². The number of hydrogen-bond acceptors (Lipinski definition) is 4. The second-order valence-electron chi connectivity index (χ2n) is 3.25. The summed E-state index contributed by atoms with van der Waals surface area (Å²) in [6.45, 7) is 0. The highest BCUT2D eigenvalue weighted by Gasteiger charge is 2.14. The monoisotopic (exact) mass is 259 g/mol. The maximum Gasteiger partial charge on any atom is 0.263 e. The Morgan fingerprint density at radius 2 is 1.81 bits per heavy atom. The average Bonchev–Trinajstić information content (AvgIpc) is 2.16. The number of benzene rings is 1. The highest BCUT2D eigenvalue weighted by atomic mass is 32.2. The molecule has 0 aliphatic rings. The average molecular weight is 259 g/mol. The predicted octanol–water partition coefficient (Wildman–Crippen LogP) is 0.316. The van der Waals surface area contributed by atoms with Gasteiger partial charge in [-0.15, -0.1) is 0 Å². The second kappa shape index (κ2) is 5.24. The number of sulfonamides is 1. The summed E-state index contributed by atoms with van der Waals surface area (Å²) in [6.07, 6.45) is 0. The van der Waals surface area contributed by atoms with Gasteiger partial charge >= 0.3 is 0 Å². The molecule has 0 aliphatic heterocycles. The molecule has 0 spiro atoms. The molecule has 0 heterocycles. The maximum atomic E-state index is 11.8. The normalized spacial score (nSPS) is 11.2. The molecule has 7 heteroatoms. The van der Waals surface area contributed by atoms with Gasteiger partial charge < -0.3 is 0 Å². The molecular formula is C9H13N3O2S2. The molecule has 88 valence electrons. The van der Waals surface area contributed by atoms with Crippen molar-refractivity contribution in [1.82, 2.24) is 15.2 Å². The van der Waals surface area contributed by atoms with Gasteiger partial charge in [0, 0.05) is 14.1 Å². The standard InChI is InChI=1S/C9H13N3O2S2/c1-12(2)10-9(15)11-16(13,14)8-6-4-3-5-7-8/h3-7H,1-2H3,(H2,10,11,15). The van der Waals surface area contributed by atoms with Crippen LogP contribution in [0.4, 0.5) is 0 Å². The SMILES string of the molecule is CN(C)NC(=S)NS(=O)(=O)c1ccccc1. The molecular weight excluding hydrogens is 246 g/mol. The lowest BCUT2D eigenvalue weighted by Crippen LogP contribution is -2.45. The Balaban J connectivity index is 2.78. The molecule has 0 saturated carbocycles. The Morgan fingerprint density at radius 1 is 1.25 bits per heavy atom. The molecule has 2 N–H and O–H groups in total. The largest absolute Gasteiger partial charge is 0.295 e. The molecule has 0 amide bonds. The third-order valence-corrected chi connectivity index (χ3v) is 3.29. The Hall–Kier alpha value is -1.18. The molecule has 0 radical (unpaired) electrons. The zero-order valence-corrected chi connectivity index (χ0v) is 10.6. The maximum absolute atomic E-state index is 11.8. The third kappa shape index (κ3) is 3.76.